The molecule has 20 heavy (non-hydrogen) atoms. The first-order valence-electron chi connectivity index (χ1n) is 7.26. The Labute approximate surface area is 119 Å². The van der Waals surface area contributed by atoms with Crippen LogP contribution in [0.5, 0.6) is 0 Å². The highest BCUT2D eigenvalue weighted by Crippen LogP contribution is 2.25. The number of benzene rings is 2. The third-order valence-corrected chi connectivity index (χ3v) is 4.24. The average molecular weight is 269 g/mol. The molecule has 0 amide bonds. The number of fused-ring (bicyclic) bond motifs is 1. The highest BCUT2D eigenvalue weighted by atomic mass is 19.1. The summed E-state index contributed by atoms with van der Waals surface area (Å²) in [7, 11) is 0. The minimum Gasteiger partial charge on any atom is -0.324 e. The van der Waals surface area contributed by atoms with Gasteiger partial charge >= 0.3 is 0 Å². The zero-order chi connectivity index (χ0) is 14.1. The lowest BCUT2D eigenvalue weighted by Crippen LogP contribution is -2.14. The predicted molar refractivity (Wildman–Crippen MR) is 80.2 cm³/mol. The summed E-state index contributed by atoms with van der Waals surface area (Å²) < 4.78 is 13.6. The van der Waals surface area contributed by atoms with Crippen molar-refractivity contribution in [1.82, 2.24) is 0 Å². The van der Waals surface area contributed by atoms with E-state index < -0.39 is 0 Å². The average Bonchev–Trinajstić information content (AvgIpc) is 2.89. The van der Waals surface area contributed by atoms with E-state index in [-0.39, 0.29) is 11.9 Å². The Morgan fingerprint density at radius 1 is 1.10 bits per heavy atom. The van der Waals surface area contributed by atoms with Gasteiger partial charge in [-0.2, -0.15) is 0 Å². The molecule has 0 saturated heterocycles. The van der Waals surface area contributed by atoms with E-state index in [9.17, 15) is 4.39 Å². The van der Waals surface area contributed by atoms with Crippen molar-refractivity contribution in [2.24, 2.45) is 5.73 Å². The summed E-state index contributed by atoms with van der Waals surface area (Å²) >= 11 is 0. The van der Waals surface area contributed by atoms with Gasteiger partial charge in [0.05, 0.1) is 0 Å². The van der Waals surface area contributed by atoms with Crippen LogP contribution in [-0.2, 0) is 19.3 Å². The fourth-order valence-corrected chi connectivity index (χ4v) is 2.96. The third kappa shape index (κ3) is 2.61. The zero-order valence-electron chi connectivity index (χ0n) is 11.8. The van der Waals surface area contributed by atoms with Crippen molar-refractivity contribution in [1.29, 1.82) is 0 Å². The smallest absolute Gasteiger partial charge is 0.126 e. The van der Waals surface area contributed by atoms with Crippen molar-refractivity contribution in [3.05, 3.63) is 70.0 Å². The van der Waals surface area contributed by atoms with E-state index in [4.69, 9.17) is 5.73 Å². The van der Waals surface area contributed by atoms with Gasteiger partial charge in [-0.3, -0.25) is 0 Å². The summed E-state index contributed by atoms with van der Waals surface area (Å²) in [5.41, 5.74) is 11.9. The predicted octanol–water partition coefficient (Wildman–Crippen LogP) is 3.87. The van der Waals surface area contributed by atoms with Crippen molar-refractivity contribution < 1.29 is 4.39 Å². The fourth-order valence-electron chi connectivity index (χ4n) is 2.96. The fraction of sp³-hybridized carbons (Fsp3) is 0.333. The maximum atomic E-state index is 13.6. The number of nitrogens with two attached hydrogens (primary N) is 1. The van der Waals surface area contributed by atoms with Crippen LogP contribution in [0.3, 0.4) is 0 Å². The van der Waals surface area contributed by atoms with Crippen LogP contribution in [0.15, 0.2) is 36.4 Å². The highest BCUT2D eigenvalue weighted by molar-refractivity contribution is 5.36. The molecule has 2 N–H and O–H groups in total. The van der Waals surface area contributed by atoms with Crippen LogP contribution in [0.25, 0.3) is 0 Å². The SMILES string of the molecule is Cc1ccc(C(N)Cc2ccc3c(c2)CCC3)cc1F. The van der Waals surface area contributed by atoms with E-state index in [2.05, 4.69) is 18.2 Å². The van der Waals surface area contributed by atoms with E-state index in [1.807, 2.05) is 6.07 Å². The lowest BCUT2D eigenvalue weighted by molar-refractivity contribution is 0.609. The Balaban J connectivity index is 1.78. The monoisotopic (exact) mass is 269 g/mol. The maximum Gasteiger partial charge on any atom is 0.126 e. The largest absolute Gasteiger partial charge is 0.324 e. The molecule has 2 heteroatoms. The summed E-state index contributed by atoms with van der Waals surface area (Å²) in [4.78, 5) is 0. The topological polar surface area (TPSA) is 26.0 Å². The number of halogens is 1. The van der Waals surface area contributed by atoms with E-state index in [0.717, 1.165) is 12.0 Å². The quantitative estimate of drug-likeness (QED) is 0.899. The normalized spacial score (nSPS) is 15.2. The van der Waals surface area contributed by atoms with Gasteiger partial charge in [-0.1, -0.05) is 30.3 Å². The van der Waals surface area contributed by atoms with Gasteiger partial charge < -0.3 is 5.73 Å². The zero-order valence-corrected chi connectivity index (χ0v) is 11.8. The van der Waals surface area contributed by atoms with Gasteiger partial charge in [-0.25, -0.2) is 4.39 Å². The first-order valence-corrected chi connectivity index (χ1v) is 7.26. The van der Waals surface area contributed by atoms with Crippen LogP contribution in [0.2, 0.25) is 0 Å². The molecule has 0 aromatic heterocycles. The molecule has 1 aliphatic rings. The Morgan fingerprint density at radius 3 is 2.70 bits per heavy atom. The van der Waals surface area contributed by atoms with Gasteiger partial charge in [0.2, 0.25) is 0 Å². The van der Waals surface area contributed by atoms with Gasteiger partial charge in [-0.05, 0) is 66.5 Å². The second-order valence-corrected chi connectivity index (χ2v) is 5.78. The summed E-state index contributed by atoms with van der Waals surface area (Å²) in [5.74, 6) is -0.174. The first-order chi connectivity index (χ1) is 9.63. The number of aryl methyl sites for hydroxylation is 3. The molecular weight excluding hydrogens is 249 g/mol. The lowest BCUT2D eigenvalue weighted by Gasteiger charge is -2.14. The molecule has 1 nitrogen and oxygen atoms in total. The molecule has 0 spiro atoms. The molecule has 0 saturated carbocycles. The van der Waals surface area contributed by atoms with Crippen LogP contribution < -0.4 is 5.73 Å². The Bertz CT molecular complexity index is 633. The van der Waals surface area contributed by atoms with Crippen molar-refractivity contribution in [3.63, 3.8) is 0 Å². The molecule has 0 fully saturated rings. The van der Waals surface area contributed by atoms with Crippen LogP contribution in [0.1, 0.15) is 40.3 Å². The van der Waals surface area contributed by atoms with Crippen LogP contribution in [0.4, 0.5) is 4.39 Å². The van der Waals surface area contributed by atoms with E-state index >= 15 is 0 Å². The highest BCUT2D eigenvalue weighted by Gasteiger charge is 2.13. The third-order valence-electron chi connectivity index (χ3n) is 4.24. The lowest BCUT2D eigenvalue weighted by atomic mass is 9.96. The van der Waals surface area contributed by atoms with Gasteiger partial charge in [-0.15, -0.1) is 0 Å². The second kappa shape index (κ2) is 5.37. The standard InChI is InChI=1S/C18H20FN/c1-12-5-7-16(11-17(12)19)18(20)10-13-6-8-14-3-2-4-15(14)9-13/h5-9,11,18H,2-4,10,20H2,1H3. The first kappa shape index (κ1) is 13.3. The summed E-state index contributed by atoms with van der Waals surface area (Å²) in [6.45, 7) is 1.77. The molecule has 1 unspecified atom stereocenters. The van der Waals surface area contributed by atoms with Crippen molar-refractivity contribution in [3.8, 4) is 0 Å². The number of hydrogen-bond donors (Lipinski definition) is 1. The van der Waals surface area contributed by atoms with Crippen molar-refractivity contribution in [2.75, 3.05) is 0 Å². The Hall–Kier alpha value is -1.67. The van der Waals surface area contributed by atoms with Gasteiger partial charge in [0, 0.05) is 6.04 Å². The molecule has 3 rings (SSSR count). The minimum absolute atomic E-state index is 0.149. The molecule has 0 radical (unpaired) electrons. The molecule has 1 atom stereocenters. The summed E-state index contributed by atoms with van der Waals surface area (Å²) in [5, 5.41) is 0. The Morgan fingerprint density at radius 2 is 1.90 bits per heavy atom. The summed E-state index contributed by atoms with van der Waals surface area (Å²) in [6.07, 6.45) is 4.40. The van der Waals surface area contributed by atoms with Crippen molar-refractivity contribution in [2.45, 2.75) is 38.6 Å². The number of rotatable bonds is 3. The molecule has 104 valence electrons. The Kier molecular flexibility index (Phi) is 3.58. The van der Waals surface area contributed by atoms with Crippen molar-refractivity contribution >= 4 is 0 Å². The molecule has 2 aromatic rings. The second-order valence-electron chi connectivity index (χ2n) is 5.78. The molecule has 0 aliphatic heterocycles. The van der Waals surface area contributed by atoms with Gasteiger partial charge in [0.15, 0.2) is 0 Å². The van der Waals surface area contributed by atoms with Crippen LogP contribution in [0, 0.1) is 12.7 Å². The van der Waals surface area contributed by atoms with E-state index in [1.165, 1.54) is 36.0 Å². The van der Waals surface area contributed by atoms with Gasteiger partial charge in [0.25, 0.3) is 0 Å². The molecule has 2 aromatic carbocycles. The van der Waals surface area contributed by atoms with Crippen LogP contribution >= 0.6 is 0 Å². The maximum absolute atomic E-state index is 13.6. The van der Waals surface area contributed by atoms with E-state index in [0.29, 0.717) is 5.56 Å². The van der Waals surface area contributed by atoms with E-state index in [1.54, 1.807) is 19.1 Å². The molecule has 0 heterocycles. The summed E-state index contributed by atoms with van der Waals surface area (Å²) in [6, 6.07) is 11.8. The molecule has 0 bridgehead atoms. The number of hydrogen-bond acceptors (Lipinski definition) is 1. The molecule has 1 aliphatic carbocycles. The minimum atomic E-state index is -0.174. The van der Waals surface area contributed by atoms with Crippen LogP contribution in [-0.4, -0.2) is 0 Å². The van der Waals surface area contributed by atoms with Gasteiger partial charge in [0.1, 0.15) is 5.82 Å². The molecular formula is C18H20FN.